The van der Waals surface area contributed by atoms with Gasteiger partial charge in [-0.2, -0.15) is 4.68 Å². The van der Waals surface area contributed by atoms with E-state index in [0.717, 1.165) is 10.2 Å². The molecule has 0 saturated heterocycles. The van der Waals surface area contributed by atoms with Crippen LogP contribution >= 0.6 is 0 Å². The molecule has 0 atom stereocenters. The summed E-state index contributed by atoms with van der Waals surface area (Å²) in [6.45, 7) is 1.73. The molecule has 9 heteroatoms. The Morgan fingerprint density at radius 2 is 1.97 bits per heavy atom. The minimum Gasteiger partial charge on any atom is -0.390 e. The summed E-state index contributed by atoms with van der Waals surface area (Å²) in [5, 5.41) is 4.60. The number of alkyl halides is 1. The van der Waals surface area contributed by atoms with Crippen LogP contribution in [0.15, 0.2) is 56.9 Å². The molecule has 0 N–H and O–H groups in total. The standard InChI is InChI=1S/C23H18FN5O3/c1-3-15-4-6-16(7-5-15)23(24)10-17(11-23)29-22(31)32-18(27-29)12-28-13-26-20-19(21(28)30)14(2)8-9-25-20/h1,4-9,13,17H,10-12H2,2H3. The highest BCUT2D eigenvalue weighted by atomic mass is 19.1. The summed E-state index contributed by atoms with van der Waals surface area (Å²) in [4.78, 5) is 33.4. The number of hydrogen-bond donors (Lipinski definition) is 0. The van der Waals surface area contributed by atoms with E-state index in [4.69, 9.17) is 10.8 Å². The zero-order valence-electron chi connectivity index (χ0n) is 17.2. The maximum Gasteiger partial charge on any atom is 0.437 e. The van der Waals surface area contributed by atoms with Crippen LogP contribution in [0.2, 0.25) is 0 Å². The molecule has 0 amide bonds. The Labute approximate surface area is 181 Å². The Bertz CT molecular complexity index is 1490. The van der Waals surface area contributed by atoms with E-state index in [-0.39, 0.29) is 30.8 Å². The van der Waals surface area contributed by atoms with Crippen molar-refractivity contribution in [3.05, 3.63) is 86.3 Å². The predicted molar refractivity (Wildman–Crippen MR) is 114 cm³/mol. The van der Waals surface area contributed by atoms with Crippen LogP contribution in [0.5, 0.6) is 0 Å². The molecular weight excluding hydrogens is 413 g/mol. The molecule has 1 aliphatic carbocycles. The molecule has 1 aliphatic rings. The lowest BCUT2D eigenvalue weighted by Crippen LogP contribution is -2.41. The van der Waals surface area contributed by atoms with E-state index in [2.05, 4.69) is 21.0 Å². The van der Waals surface area contributed by atoms with Crippen molar-refractivity contribution in [2.75, 3.05) is 0 Å². The third kappa shape index (κ3) is 3.21. The van der Waals surface area contributed by atoms with E-state index in [1.54, 1.807) is 43.5 Å². The van der Waals surface area contributed by atoms with Gasteiger partial charge in [0.25, 0.3) is 5.56 Å². The van der Waals surface area contributed by atoms with Crippen molar-refractivity contribution >= 4 is 11.0 Å². The average Bonchev–Trinajstić information content (AvgIpc) is 3.13. The molecule has 0 bridgehead atoms. The first-order valence-electron chi connectivity index (χ1n) is 10.0. The summed E-state index contributed by atoms with van der Waals surface area (Å²) in [7, 11) is 0. The van der Waals surface area contributed by atoms with Crippen molar-refractivity contribution in [1.29, 1.82) is 0 Å². The number of nitrogens with zero attached hydrogens (tertiary/aromatic N) is 5. The molecule has 0 unspecified atom stereocenters. The molecule has 160 valence electrons. The summed E-state index contributed by atoms with van der Waals surface area (Å²) in [6.07, 6.45) is 8.46. The fourth-order valence-corrected chi connectivity index (χ4v) is 4.07. The van der Waals surface area contributed by atoms with Crippen molar-refractivity contribution in [3.63, 3.8) is 0 Å². The summed E-state index contributed by atoms with van der Waals surface area (Å²) < 4.78 is 22.9. The van der Waals surface area contributed by atoms with Gasteiger partial charge in [0.2, 0.25) is 5.89 Å². The number of benzene rings is 1. The van der Waals surface area contributed by atoms with E-state index in [9.17, 15) is 9.59 Å². The molecular formula is C23H18FN5O3. The van der Waals surface area contributed by atoms with Gasteiger partial charge in [-0.05, 0) is 36.2 Å². The van der Waals surface area contributed by atoms with Gasteiger partial charge >= 0.3 is 5.76 Å². The van der Waals surface area contributed by atoms with E-state index >= 15 is 4.39 Å². The van der Waals surface area contributed by atoms with Crippen molar-refractivity contribution < 1.29 is 8.81 Å². The Hall–Kier alpha value is -4.06. The molecule has 1 saturated carbocycles. The first kappa shape index (κ1) is 19.9. The molecule has 4 aromatic rings. The van der Waals surface area contributed by atoms with Gasteiger partial charge in [-0.1, -0.05) is 18.1 Å². The van der Waals surface area contributed by atoms with Crippen LogP contribution in [0, 0.1) is 19.3 Å². The molecule has 8 nitrogen and oxygen atoms in total. The number of rotatable bonds is 4. The zero-order valence-corrected chi connectivity index (χ0v) is 17.2. The van der Waals surface area contributed by atoms with E-state index < -0.39 is 17.5 Å². The normalized spacial score (nSPS) is 20.1. The summed E-state index contributed by atoms with van der Waals surface area (Å²) >= 11 is 0. The molecule has 5 rings (SSSR count). The summed E-state index contributed by atoms with van der Waals surface area (Å²) in [6, 6.07) is 8.00. The van der Waals surface area contributed by atoms with Crippen LogP contribution in [-0.2, 0) is 12.2 Å². The van der Waals surface area contributed by atoms with Crippen molar-refractivity contribution in [1.82, 2.24) is 24.3 Å². The van der Waals surface area contributed by atoms with E-state index in [1.165, 1.54) is 10.9 Å². The molecule has 32 heavy (non-hydrogen) atoms. The SMILES string of the molecule is C#Cc1ccc(C2(F)CC(n3nc(Cn4cnc5nccc(C)c5c4=O)oc3=O)C2)cc1. The highest BCUT2D eigenvalue weighted by Crippen LogP contribution is 2.50. The first-order chi connectivity index (χ1) is 15.4. The number of aryl methyl sites for hydroxylation is 1. The van der Waals surface area contributed by atoms with Gasteiger partial charge in [0.1, 0.15) is 18.5 Å². The number of halogens is 1. The van der Waals surface area contributed by atoms with Gasteiger partial charge in [0.05, 0.1) is 11.4 Å². The predicted octanol–water partition coefficient (Wildman–Crippen LogP) is 2.48. The van der Waals surface area contributed by atoms with Gasteiger partial charge in [-0.15, -0.1) is 11.5 Å². The minimum absolute atomic E-state index is 0.0505. The van der Waals surface area contributed by atoms with Crippen LogP contribution in [-0.4, -0.2) is 24.3 Å². The lowest BCUT2D eigenvalue weighted by molar-refractivity contribution is 0.00179. The number of pyridine rings is 1. The highest BCUT2D eigenvalue weighted by Gasteiger charge is 2.48. The maximum atomic E-state index is 15.2. The molecule has 0 radical (unpaired) electrons. The topological polar surface area (TPSA) is 95.8 Å². The largest absolute Gasteiger partial charge is 0.437 e. The molecule has 3 aromatic heterocycles. The Balaban J connectivity index is 1.37. The number of hydrogen-bond acceptors (Lipinski definition) is 6. The monoisotopic (exact) mass is 431 g/mol. The quantitative estimate of drug-likeness (QED) is 0.461. The van der Waals surface area contributed by atoms with Gasteiger partial charge < -0.3 is 4.42 Å². The van der Waals surface area contributed by atoms with Crippen LogP contribution in [0.3, 0.4) is 0 Å². The van der Waals surface area contributed by atoms with Crippen molar-refractivity contribution in [2.24, 2.45) is 0 Å². The average molecular weight is 431 g/mol. The van der Waals surface area contributed by atoms with Crippen LogP contribution in [0.1, 0.15) is 41.5 Å². The second-order valence-corrected chi connectivity index (χ2v) is 7.96. The van der Waals surface area contributed by atoms with E-state index in [0.29, 0.717) is 22.2 Å². The summed E-state index contributed by atoms with van der Waals surface area (Å²) in [5.74, 6) is 1.87. The maximum absolute atomic E-state index is 15.2. The van der Waals surface area contributed by atoms with Gasteiger partial charge in [-0.3, -0.25) is 9.36 Å². The fraction of sp³-hybridized carbons (Fsp3) is 0.261. The van der Waals surface area contributed by atoms with Crippen LogP contribution in [0.25, 0.3) is 11.0 Å². The Morgan fingerprint density at radius 1 is 1.22 bits per heavy atom. The van der Waals surface area contributed by atoms with Crippen molar-refractivity contribution in [3.8, 4) is 12.3 Å². The summed E-state index contributed by atoms with van der Waals surface area (Å²) in [5.41, 5.74) is 0.428. The fourth-order valence-electron chi connectivity index (χ4n) is 4.07. The van der Waals surface area contributed by atoms with Crippen LogP contribution in [0.4, 0.5) is 4.39 Å². The van der Waals surface area contributed by atoms with Gasteiger partial charge in [-0.25, -0.2) is 19.2 Å². The Morgan fingerprint density at radius 3 is 2.69 bits per heavy atom. The first-order valence-corrected chi connectivity index (χ1v) is 10.0. The molecule has 0 spiro atoms. The third-order valence-electron chi connectivity index (χ3n) is 5.88. The lowest BCUT2D eigenvalue weighted by atomic mass is 9.73. The Kier molecular flexibility index (Phi) is 4.51. The smallest absolute Gasteiger partial charge is 0.390 e. The molecule has 1 fully saturated rings. The second-order valence-electron chi connectivity index (χ2n) is 7.96. The van der Waals surface area contributed by atoms with Crippen molar-refractivity contribution in [2.45, 2.75) is 38.0 Å². The second kappa shape index (κ2) is 7.27. The third-order valence-corrected chi connectivity index (χ3v) is 5.88. The highest BCUT2D eigenvalue weighted by molar-refractivity contribution is 5.76. The zero-order chi connectivity index (χ0) is 22.5. The number of fused-ring (bicyclic) bond motifs is 1. The number of aromatic nitrogens is 5. The minimum atomic E-state index is -1.56. The lowest BCUT2D eigenvalue weighted by Gasteiger charge is -2.40. The number of terminal acetylenes is 1. The van der Waals surface area contributed by atoms with Gasteiger partial charge in [0, 0.05) is 24.6 Å². The molecule has 0 aliphatic heterocycles. The molecule has 1 aromatic carbocycles. The van der Waals surface area contributed by atoms with Crippen LogP contribution < -0.4 is 11.3 Å². The molecule has 3 heterocycles. The van der Waals surface area contributed by atoms with Gasteiger partial charge in [0.15, 0.2) is 5.65 Å². The van der Waals surface area contributed by atoms with E-state index in [1.807, 2.05) is 0 Å².